The summed E-state index contributed by atoms with van der Waals surface area (Å²) in [5.41, 5.74) is 4.08. The molecule has 0 bridgehead atoms. The SMILES string of the molecule is CCOC(=O)c1noc([C@@H](Cc2cc(C)c3nn(COCC[Si](C)(C)C)cc3c2)OC(=O)N2CCC(c3cc4ccccc4[nH]c3=O)CC2)n1. The van der Waals surface area contributed by atoms with Gasteiger partial charge in [0.05, 0.1) is 12.1 Å². The average molecular weight is 701 g/mol. The molecule has 0 radical (unpaired) electrons. The monoisotopic (exact) mass is 700 g/mol. The molecule has 1 amide bonds. The number of benzene rings is 2. The summed E-state index contributed by atoms with van der Waals surface area (Å²) in [5, 5.41) is 10.4. The zero-order valence-corrected chi connectivity index (χ0v) is 30.2. The molecule has 13 nitrogen and oxygen atoms in total. The number of aromatic amines is 1. The summed E-state index contributed by atoms with van der Waals surface area (Å²) >= 11 is 0. The minimum Gasteiger partial charge on any atom is -0.460 e. The Bertz CT molecular complexity index is 2040. The number of esters is 1. The molecule has 0 spiro atoms. The van der Waals surface area contributed by atoms with Crippen LogP contribution in [-0.2, 0) is 27.4 Å². The van der Waals surface area contributed by atoms with E-state index in [4.69, 9.17) is 23.8 Å². The maximum atomic E-state index is 13.6. The summed E-state index contributed by atoms with van der Waals surface area (Å²) in [6, 6.07) is 14.7. The number of para-hydroxylation sites is 1. The molecule has 0 saturated carbocycles. The first-order valence-corrected chi connectivity index (χ1v) is 20.8. The third kappa shape index (κ3) is 8.30. The second-order valence-electron chi connectivity index (χ2n) is 14.0. The minimum atomic E-state index is -1.20. The van der Waals surface area contributed by atoms with E-state index in [0.717, 1.165) is 44.5 Å². The minimum absolute atomic E-state index is 0.00707. The van der Waals surface area contributed by atoms with E-state index in [1.807, 2.05) is 55.6 Å². The van der Waals surface area contributed by atoms with Crippen LogP contribution >= 0.6 is 0 Å². The van der Waals surface area contributed by atoms with Crippen LogP contribution < -0.4 is 5.56 Å². The summed E-state index contributed by atoms with van der Waals surface area (Å²) in [5.74, 6) is -0.975. The number of H-pyrrole nitrogens is 1. The number of nitrogens with one attached hydrogen (secondary N) is 1. The second kappa shape index (κ2) is 15.0. The molecule has 50 heavy (non-hydrogen) atoms. The second-order valence-corrected chi connectivity index (χ2v) is 19.6. The lowest BCUT2D eigenvalue weighted by Gasteiger charge is -2.32. The average Bonchev–Trinajstić information content (AvgIpc) is 3.74. The molecule has 0 aliphatic carbocycles. The molecule has 3 aromatic heterocycles. The fourth-order valence-corrected chi connectivity index (χ4v) is 6.99. The highest BCUT2D eigenvalue weighted by Gasteiger charge is 2.31. The smallest absolute Gasteiger partial charge is 0.410 e. The van der Waals surface area contributed by atoms with E-state index in [9.17, 15) is 14.4 Å². The van der Waals surface area contributed by atoms with Crippen LogP contribution in [0.15, 0.2) is 58.0 Å². The number of hydrogen-bond acceptors (Lipinski definition) is 10. The molecule has 5 aromatic rings. The van der Waals surface area contributed by atoms with Crippen LogP contribution in [0.25, 0.3) is 21.8 Å². The first kappa shape index (κ1) is 35.0. The highest BCUT2D eigenvalue weighted by molar-refractivity contribution is 6.76. The van der Waals surface area contributed by atoms with Crippen LogP contribution in [-0.4, -0.2) is 76.2 Å². The van der Waals surface area contributed by atoms with Crippen molar-refractivity contribution in [2.75, 3.05) is 26.3 Å². The number of aryl methyl sites for hydroxylation is 1. The number of amides is 1. The Morgan fingerprint density at radius 1 is 1.10 bits per heavy atom. The third-order valence-electron chi connectivity index (χ3n) is 8.94. The largest absolute Gasteiger partial charge is 0.460 e. The Balaban J connectivity index is 1.17. The van der Waals surface area contributed by atoms with Gasteiger partial charge < -0.3 is 28.6 Å². The number of pyridine rings is 1. The number of piperidine rings is 1. The number of carbonyl (C=O) groups excluding carboxylic acids is 2. The third-order valence-corrected chi connectivity index (χ3v) is 10.6. The molecule has 4 heterocycles. The van der Waals surface area contributed by atoms with Crippen LogP contribution in [0.1, 0.15) is 65.0 Å². The molecular weight excluding hydrogens is 657 g/mol. The summed E-state index contributed by atoms with van der Waals surface area (Å²) in [6.07, 6.45) is 1.85. The van der Waals surface area contributed by atoms with Crippen molar-refractivity contribution in [3.05, 3.63) is 87.4 Å². The molecule has 264 valence electrons. The Labute approximate surface area is 290 Å². The number of likely N-dealkylation sites (tertiary alicyclic amines) is 1. The molecule has 1 aliphatic heterocycles. The lowest BCUT2D eigenvalue weighted by molar-refractivity contribution is 0.0415. The molecule has 14 heteroatoms. The van der Waals surface area contributed by atoms with Crippen molar-refractivity contribution >= 4 is 41.9 Å². The molecule has 2 aromatic carbocycles. The van der Waals surface area contributed by atoms with E-state index < -0.39 is 26.2 Å². The summed E-state index contributed by atoms with van der Waals surface area (Å²) in [6.45, 7) is 12.6. The van der Waals surface area contributed by atoms with Crippen LogP contribution in [0.5, 0.6) is 0 Å². The fraction of sp³-hybridized carbons (Fsp3) is 0.444. The zero-order chi connectivity index (χ0) is 35.4. The molecule has 1 atom stereocenters. The van der Waals surface area contributed by atoms with E-state index in [1.54, 1.807) is 16.5 Å². The van der Waals surface area contributed by atoms with E-state index in [1.165, 1.54) is 0 Å². The van der Waals surface area contributed by atoms with Crippen molar-refractivity contribution in [2.24, 2.45) is 0 Å². The highest BCUT2D eigenvalue weighted by Crippen LogP contribution is 2.30. The van der Waals surface area contributed by atoms with Crippen LogP contribution in [0.3, 0.4) is 0 Å². The molecule has 1 saturated heterocycles. The van der Waals surface area contributed by atoms with E-state index in [2.05, 4.69) is 34.8 Å². The Morgan fingerprint density at radius 3 is 2.64 bits per heavy atom. The predicted octanol–water partition coefficient (Wildman–Crippen LogP) is 6.36. The number of ether oxygens (including phenoxy) is 3. The van der Waals surface area contributed by atoms with Gasteiger partial charge in [0.2, 0.25) is 0 Å². The van der Waals surface area contributed by atoms with Gasteiger partial charge in [-0.15, -0.1) is 0 Å². The standard InChI is InChI=1S/C36H44N6O7Si/c1-6-47-35(44)32-38-34(49-40-32)30(19-24-17-23(2)31-27(18-24)21-42(39-31)22-46-15-16-50(3,4)5)48-36(45)41-13-11-25(12-14-41)28-20-26-9-7-8-10-29(26)37-33(28)43/h7-10,17-18,20-21,25,30H,6,11-16,19,22H2,1-5H3,(H,37,43)/t30-/m1/s1. The molecule has 6 rings (SSSR count). The Hall–Kier alpha value is -4.82. The van der Waals surface area contributed by atoms with Crippen molar-refractivity contribution < 1.29 is 28.3 Å². The quantitative estimate of drug-likeness (QED) is 0.0884. The van der Waals surface area contributed by atoms with Crippen LogP contribution in [0, 0.1) is 6.92 Å². The zero-order valence-electron chi connectivity index (χ0n) is 29.2. The summed E-state index contributed by atoms with van der Waals surface area (Å²) in [7, 11) is -1.20. The maximum Gasteiger partial charge on any atom is 0.410 e. The van der Waals surface area contributed by atoms with Gasteiger partial charge in [-0.05, 0) is 78.5 Å². The van der Waals surface area contributed by atoms with Gasteiger partial charge in [0.25, 0.3) is 17.3 Å². The van der Waals surface area contributed by atoms with E-state index in [0.29, 0.717) is 39.3 Å². The number of aromatic nitrogens is 5. The van der Waals surface area contributed by atoms with Gasteiger partial charge in [-0.3, -0.25) is 4.79 Å². The first-order valence-electron chi connectivity index (χ1n) is 17.1. The van der Waals surface area contributed by atoms with Gasteiger partial charge in [0.15, 0.2) is 6.10 Å². The first-order chi connectivity index (χ1) is 24.0. The summed E-state index contributed by atoms with van der Waals surface area (Å²) in [4.78, 5) is 47.7. The van der Waals surface area contributed by atoms with Crippen LogP contribution in [0.2, 0.25) is 25.7 Å². The number of rotatable bonds is 12. The molecular formula is C36H44N6O7Si. The molecule has 1 aliphatic rings. The van der Waals surface area contributed by atoms with Crippen molar-refractivity contribution in [1.29, 1.82) is 0 Å². The Kier molecular flexibility index (Phi) is 10.5. The topological polar surface area (TPSA) is 155 Å². The van der Waals surface area contributed by atoms with Crippen molar-refractivity contribution in [3.8, 4) is 0 Å². The normalized spacial score (nSPS) is 14.7. The number of hydrogen-bond donors (Lipinski definition) is 1. The molecule has 1 fully saturated rings. The summed E-state index contributed by atoms with van der Waals surface area (Å²) < 4.78 is 24.2. The lowest BCUT2D eigenvalue weighted by Crippen LogP contribution is -2.39. The lowest BCUT2D eigenvalue weighted by atomic mass is 9.89. The van der Waals surface area contributed by atoms with Gasteiger partial charge in [0.1, 0.15) is 6.73 Å². The van der Waals surface area contributed by atoms with Crippen molar-refractivity contribution in [1.82, 2.24) is 29.8 Å². The molecule has 0 unspecified atom stereocenters. The van der Waals surface area contributed by atoms with Crippen molar-refractivity contribution in [3.63, 3.8) is 0 Å². The van der Waals surface area contributed by atoms with E-state index >= 15 is 0 Å². The van der Waals surface area contributed by atoms with Gasteiger partial charge in [-0.25, -0.2) is 14.3 Å². The van der Waals surface area contributed by atoms with Gasteiger partial charge >= 0.3 is 12.1 Å². The van der Waals surface area contributed by atoms with Gasteiger partial charge in [0, 0.05) is 56.9 Å². The van der Waals surface area contributed by atoms with Gasteiger partial charge in [-0.1, -0.05) is 43.9 Å². The number of nitrogens with zero attached hydrogens (tertiary/aromatic N) is 5. The Morgan fingerprint density at radius 2 is 1.88 bits per heavy atom. The van der Waals surface area contributed by atoms with E-state index in [-0.39, 0.29) is 36.2 Å². The highest BCUT2D eigenvalue weighted by atomic mass is 28.3. The van der Waals surface area contributed by atoms with Gasteiger partial charge in [-0.2, -0.15) is 10.1 Å². The maximum absolute atomic E-state index is 13.6. The van der Waals surface area contributed by atoms with Crippen LogP contribution in [0.4, 0.5) is 4.79 Å². The number of carbonyl (C=O) groups is 2. The predicted molar refractivity (Wildman–Crippen MR) is 190 cm³/mol. The molecule has 1 N–H and O–H groups in total. The van der Waals surface area contributed by atoms with Crippen molar-refractivity contribution in [2.45, 2.75) is 77.5 Å². The fourth-order valence-electron chi connectivity index (χ4n) is 6.23. The number of fused-ring (bicyclic) bond motifs is 2.